The van der Waals surface area contributed by atoms with Crippen LogP contribution in [0.3, 0.4) is 0 Å². The molecule has 9 N–H and O–H groups in total. The number of aliphatic hydroxyl groups is 8. The maximum absolute atomic E-state index is 13.4. The second kappa shape index (κ2) is 66.4. The van der Waals surface area contributed by atoms with Gasteiger partial charge in [0.25, 0.3) is 0 Å². The first-order valence-corrected chi connectivity index (χ1v) is 39.4. The maximum atomic E-state index is 13.4. The number of hydrogen-bond donors (Lipinski definition) is 9. The number of amides is 1. The molecular weight excluding hydrogens is 1230 g/mol. The number of carbonyl (C=O) groups excluding carboxylic acids is 1. The van der Waals surface area contributed by atoms with E-state index >= 15 is 0 Å². The second-order valence-corrected chi connectivity index (χ2v) is 27.1. The van der Waals surface area contributed by atoms with Gasteiger partial charge in [-0.1, -0.05) is 321 Å². The lowest BCUT2D eigenvalue weighted by atomic mass is 9.97. The molecule has 2 fully saturated rings. The summed E-state index contributed by atoms with van der Waals surface area (Å²) in [4.78, 5) is 13.4. The third kappa shape index (κ3) is 48.9. The summed E-state index contributed by atoms with van der Waals surface area (Å²) in [6.07, 6.45) is 82.3. The number of hydrogen-bond acceptors (Lipinski definition) is 13. The van der Waals surface area contributed by atoms with Gasteiger partial charge in [-0.2, -0.15) is 0 Å². The van der Waals surface area contributed by atoms with Crippen LogP contribution in [0.1, 0.15) is 296 Å². The Morgan fingerprint density at radius 3 is 1.12 bits per heavy atom. The zero-order valence-electron chi connectivity index (χ0n) is 61.5. The summed E-state index contributed by atoms with van der Waals surface area (Å²) in [6, 6.07) is -0.944. The van der Waals surface area contributed by atoms with E-state index in [9.17, 15) is 45.6 Å². The Balaban J connectivity index is 1.64. The van der Waals surface area contributed by atoms with Gasteiger partial charge in [-0.3, -0.25) is 4.79 Å². The standard InChI is InChI=1S/C84H143NO13/c1-3-5-7-9-11-13-15-17-19-21-23-25-27-29-30-31-32-33-34-35-36-37-38-39-40-41-42-44-46-48-50-52-54-56-58-60-62-64-66-68-76(89)85-72(71-95-83-81(94)79(92)82(75(70-87)97-83)98-84-80(93)78(91)77(90)74(69-86)96-84)73(88)67-65-63-61-59-57-55-53-51-49-47-45-43-28-26-24-22-20-18-16-14-12-10-8-6-4-2/h5,7,11,13,17,19,23,25,29-30,32-33,35-36,38-39,41-42,57,59,65,67,72-75,77-84,86-88,90-94H,3-4,6,8-10,12,14-16,18,20-22,24,26-28,31,34,37,40,43-56,58,60-64,66,68-71H2,1-2H3,(H,85,89)/b7-5-,13-11-,19-17-,25-23-,30-29-,33-32-,36-35-,39-38-,42-41-,59-57+,67-65+. The van der Waals surface area contributed by atoms with Gasteiger partial charge in [0.05, 0.1) is 32.0 Å². The number of ether oxygens (including phenoxy) is 4. The highest BCUT2D eigenvalue weighted by Crippen LogP contribution is 2.30. The van der Waals surface area contributed by atoms with Crippen LogP contribution in [0.4, 0.5) is 0 Å². The molecule has 14 nitrogen and oxygen atoms in total. The van der Waals surface area contributed by atoms with Gasteiger partial charge in [-0.05, 0) is 103 Å². The Morgan fingerprint density at radius 2 is 0.714 bits per heavy atom. The van der Waals surface area contributed by atoms with Crippen molar-refractivity contribution < 1.29 is 64.6 Å². The monoisotopic (exact) mass is 1370 g/mol. The molecule has 2 saturated heterocycles. The number of unbranched alkanes of at least 4 members (excludes halogenated alkanes) is 31. The minimum absolute atomic E-state index is 0.255. The summed E-state index contributed by atoms with van der Waals surface area (Å²) < 4.78 is 22.9. The minimum atomic E-state index is -1.80. The molecule has 12 unspecified atom stereocenters. The fourth-order valence-electron chi connectivity index (χ4n) is 12.1. The van der Waals surface area contributed by atoms with Crippen molar-refractivity contribution in [1.82, 2.24) is 5.32 Å². The van der Waals surface area contributed by atoms with E-state index in [-0.39, 0.29) is 18.9 Å². The van der Waals surface area contributed by atoms with Crippen LogP contribution in [-0.4, -0.2) is 140 Å². The van der Waals surface area contributed by atoms with Gasteiger partial charge in [0.2, 0.25) is 5.91 Å². The van der Waals surface area contributed by atoms with Crippen LogP contribution in [0.5, 0.6) is 0 Å². The van der Waals surface area contributed by atoms with Crippen molar-refractivity contribution in [3.05, 3.63) is 134 Å². The van der Waals surface area contributed by atoms with Crippen LogP contribution >= 0.6 is 0 Å². The summed E-state index contributed by atoms with van der Waals surface area (Å²) in [6.45, 7) is 2.69. The van der Waals surface area contributed by atoms with Crippen molar-refractivity contribution in [1.29, 1.82) is 0 Å². The van der Waals surface area contributed by atoms with E-state index in [2.05, 4.69) is 141 Å². The quantitative estimate of drug-likeness (QED) is 0.0204. The molecule has 0 aromatic heterocycles. The van der Waals surface area contributed by atoms with E-state index in [1.165, 1.54) is 167 Å². The highest BCUT2D eigenvalue weighted by molar-refractivity contribution is 5.76. The van der Waals surface area contributed by atoms with Gasteiger partial charge in [0, 0.05) is 6.42 Å². The second-order valence-electron chi connectivity index (χ2n) is 27.1. The molecular formula is C84H143NO13. The Bertz CT molecular complexity index is 2160. The molecule has 0 aliphatic carbocycles. The van der Waals surface area contributed by atoms with Crippen LogP contribution in [0.2, 0.25) is 0 Å². The number of allylic oxidation sites excluding steroid dienone is 21. The van der Waals surface area contributed by atoms with E-state index in [0.717, 1.165) is 96.3 Å². The lowest BCUT2D eigenvalue weighted by Gasteiger charge is -2.46. The molecule has 562 valence electrons. The van der Waals surface area contributed by atoms with Gasteiger partial charge in [0.15, 0.2) is 12.6 Å². The maximum Gasteiger partial charge on any atom is 0.220 e. The zero-order valence-corrected chi connectivity index (χ0v) is 61.5. The van der Waals surface area contributed by atoms with Gasteiger partial charge in [-0.15, -0.1) is 0 Å². The average molecular weight is 1380 g/mol. The third-order valence-electron chi connectivity index (χ3n) is 18.3. The third-order valence-corrected chi connectivity index (χ3v) is 18.3. The number of nitrogens with one attached hydrogen (secondary N) is 1. The molecule has 2 aliphatic heterocycles. The van der Waals surface area contributed by atoms with E-state index < -0.39 is 86.8 Å². The van der Waals surface area contributed by atoms with Crippen LogP contribution in [0.25, 0.3) is 0 Å². The predicted octanol–water partition coefficient (Wildman–Crippen LogP) is 17.8. The average Bonchev–Trinajstić information content (AvgIpc) is 0.793. The van der Waals surface area contributed by atoms with Crippen LogP contribution in [-0.2, 0) is 23.7 Å². The van der Waals surface area contributed by atoms with E-state index in [1.807, 2.05) is 6.08 Å². The SMILES string of the molecule is CC/C=C\C/C=C\C/C=C\C/C=C\C/C=C\C/C=C\C/C=C\C/C=C\C/C=C\CCCCCCCCCCCCCC(=O)NC(COC1OC(CO)C(OC2OC(CO)C(O)C(O)C2O)C(O)C1O)C(O)/C=C/CC/C=C/CCCCCCCCCCCCCCCCCCCCC. The van der Waals surface area contributed by atoms with Crippen molar-refractivity contribution in [2.45, 2.75) is 370 Å². The van der Waals surface area contributed by atoms with Gasteiger partial charge >= 0.3 is 0 Å². The molecule has 2 heterocycles. The van der Waals surface area contributed by atoms with Crippen LogP contribution in [0.15, 0.2) is 134 Å². The largest absolute Gasteiger partial charge is 0.394 e. The molecule has 0 saturated carbocycles. The highest BCUT2D eigenvalue weighted by atomic mass is 16.7. The summed E-state index contributed by atoms with van der Waals surface area (Å²) in [5, 5.41) is 87.6. The Morgan fingerprint density at radius 1 is 0.378 bits per heavy atom. The van der Waals surface area contributed by atoms with Gasteiger partial charge < -0.3 is 65.1 Å². The first-order valence-electron chi connectivity index (χ1n) is 39.4. The first kappa shape index (κ1) is 90.2. The minimum Gasteiger partial charge on any atom is -0.394 e. The molecule has 0 spiro atoms. The zero-order chi connectivity index (χ0) is 70.8. The van der Waals surface area contributed by atoms with Crippen molar-refractivity contribution in [3.63, 3.8) is 0 Å². The molecule has 0 aromatic rings. The normalized spacial score (nSPS) is 22.8. The molecule has 12 atom stereocenters. The van der Waals surface area contributed by atoms with Gasteiger partial charge in [0.1, 0.15) is 48.8 Å². The lowest BCUT2D eigenvalue weighted by Crippen LogP contribution is -2.65. The Labute approximate surface area is 596 Å². The molecule has 0 aromatic carbocycles. The molecule has 14 heteroatoms. The van der Waals surface area contributed by atoms with Crippen molar-refractivity contribution >= 4 is 5.91 Å². The van der Waals surface area contributed by atoms with E-state index in [1.54, 1.807) is 6.08 Å². The molecule has 0 bridgehead atoms. The summed E-state index contributed by atoms with van der Waals surface area (Å²) in [5.74, 6) is -0.255. The van der Waals surface area contributed by atoms with Crippen molar-refractivity contribution in [2.24, 2.45) is 0 Å². The predicted molar refractivity (Wildman–Crippen MR) is 405 cm³/mol. The molecule has 98 heavy (non-hydrogen) atoms. The lowest BCUT2D eigenvalue weighted by molar-refractivity contribution is -0.359. The number of aliphatic hydroxyl groups excluding tert-OH is 8. The summed E-state index contributed by atoms with van der Waals surface area (Å²) in [7, 11) is 0. The number of carbonyl (C=O) groups is 1. The van der Waals surface area contributed by atoms with Crippen LogP contribution < -0.4 is 5.32 Å². The summed E-state index contributed by atoms with van der Waals surface area (Å²) >= 11 is 0. The molecule has 2 rings (SSSR count). The fourth-order valence-corrected chi connectivity index (χ4v) is 12.1. The van der Waals surface area contributed by atoms with Gasteiger partial charge in [-0.25, -0.2) is 0 Å². The Kier molecular flexibility index (Phi) is 61.1. The van der Waals surface area contributed by atoms with Crippen molar-refractivity contribution in [2.75, 3.05) is 19.8 Å². The van der Waals surface area contributed by atoms with E-state index in [4.69, 9.17) is 18.9 Å². The first-order chi connectivity index (χ1) is 48.1. The topological polar surface area (TPSA) is 228 Å². The fraction of sp³-hybridized carbons (Fsp3) is 0.726. The Hall–Kier alpha value is -3.87. The van der Waals surface area contributed by atoms with Crippen LogP contribution in [0, 0.1) is 0 Å². The smallest absolute Gasteiger partial charge is 0.220 e. The molecule has 2 aliphatic rings. The van der Waals surface area contributed by atoms with Crippen molar-refractivity contribution in [3.8, 4) is 0 Å². The molecule has 1 amide bonds. The van der Waals surface area contributed by atoms with E-state index in [0.29, 0.717) is 12.8 Å². The number of rotatable bonds is 64. The highest BCUT2D eigenvalue weighted by Gasteiger charge is 2.51. The molecule has 0 radical (unpaired) electrons. The summed E-state index contributed by atoms with van der Waals surface area (Å²) in [5.41, 5.74) is 0.